The van der Waals surface area contributed by atoms with Crippen LogP contribution in [-0.2, 0) is 0 Å². The summed E-state index contributed by atoms with van der Waals surface area (Å²) >= 11 is 6.04. The normalized spacial score (nSPS) is 13.6. The smallest absolute Gasteiger partial charge is 0.267 e. The Balaban J connectivity index is 1.65. The molecule has 1 fully saturated rings. The van der Waals surface area contributed by atoms with Crippen LogP contribution in [0.15, 0.2) is 41.1 Å². The van der Waals surface area contributed by atoms with Crippen LogP contribution in [0.1, 0.15) is 45.0 Å². The molecular formula is C19H16ClN3O3. The van der Waals surface area contributed by atoms with E-state index in [4.69, 9.17) is 16.1 Å². The predicted molar refractivity (Wildman–Crippen MR) is 96.4 cm³/mol. The lowest BCUT2D eigenvalue weighted by Gasteiger charge is -2.02. The number of aryl methyl sites for hydroxylation is 1. The van der Waals surface area contributed by atoms with Crippen LogP contribution in [-0.4, -0.2) is 27.9 Å². The van der Waals surface area contributed by atoms with E-state index in [1.54, 1.807) is 31.2 Å². The number of nitrogens with one attached hydrogen (secondary N) is 2. The Kier molecular flexibility index (Phi) is 4.12. The number of H-pyrrole nitrogens is 1. The van der Waals surface area contributed by atoms with Crippen molar-refractivity contribution in [2.45, 2.75) is 25.8 Å². The third kappa shape index (κ3) is 3.15. The lowest BCUT2D eigenvalue weighted by Crippen LogP contribution is -2.25. The second-order valence-corrected chi connectivity index (χ2v) is 6.79. The highest BCUT2D eigenvalue weighted by Crippen LogP contribution is 2.29. The van der Waals surface area contributed by atoms with E-state index in [1.165, 1.54) is 6.20 Å². The van der Waals surface area contributed by atoms with Crippen molar-refractivity contribution in [3.8, 4) is 11.3 Å². The van der Waals surface area contributed by atoms with Gasteiger partial charge in [-0.15, -0.1) is 0 Å². The number of hydrogen-bond donors (Lipinski definition) is 2. The molecule has 0 aliphatic heterocycles. The van der Waals surface area contributed by atoms with Gasteiger partial charge in [0.1, 0.15) is 17.1 Å². The fourth-order valence-electron chi connectivity index (χ4n) is 2.76. The number of nitrogens with zero attached hydrogens (tertiary/aromatic N) is 1. The van der Waals surface area contributed by atoms with Gasteiger partial charge in [0.15, 0.2) is 5.78 Å². The summed E-state index contributed by atoms with van der Waals surface area (Å²) in [5.74, 6) is -0.0562. The number of ketones is 1. The lowest BCUT2D eigenvalue weighted by molar-refractivity contribution is 0.0946. The van der Waals surface area contributed by atoms with Crippen LogP contribution in [0.2, 0.25) is 5.02 Å². The first kappa shape index (κ1) is 16.6. The quantitative estimate of drug-likeness (QED) is 0.670. The van der Waals surface area contributed by atoms with Gasteiger partial charge >= 0.3 is 0 Å². The molecule has 1 aliphatic carbocycles. The number of carbonyl (C=O) groups excluding carboxylic acids is 2. The highest BCUT2D eigenvalue weighted by atomic mass is 35.5. The minimum atomic E-state index is -0.263. The predicted octanol–water partition coefficient (Wildman–Crippen LogP) is 3.75. The second-order valence-electron chi connectivity index (χ2n) is 6.35. The molecule has 0 spiro atoms. The van der Waals surface area contributed by atoms with Crippen molar-refractivity contribution < 1.29 is 14.1 Å². The molecule has 1 saturated carbocycles. The molecular weight excluding hydrogens is 354 g/mol. The van der Waals surface area contributed by atoms with Gasteiger partial charge in [-0.05, 0) is 38.0 Å². The molecule has 0 unspecified atom stereocenters. The van der Waals surface area contributed by atoms with Gasteiger partial charge < -0.3 is 14.8 Å². The van der Waals surface area contributed by atoms with Gasteiger partial charge in [0.2, 0.25) is 0 Å². The standard InChI is InChI=1S/C19H16ClN3O3/c1-10-16(17(23-26-10)11-3-2-4-13(20)7-11)18(24)12-8-15(21-9-12)19(25)22-14-5-6-14/h2-4,7-9,14,21H,5-6H2,1H3,(H,22,25). The maximum atomic E-state index is 13.0. The molecule has 2 heterocycles. The van der Waals surface area contributed by atoms with E-state index in [9.17, 15) is 9.59 Å². The summed E-state index contributed by atoms with van der Waals surface area (Å²) in [5, 5.41) is 7.45. The highest BCUT2D eigenvalue weighted by Gasteiger charge is 2.27. The van der Waals surface area contributed by atoms with Crippen molar-refractivity contribution in [3.05, 3.63) is 64.1 Å². The van der Waals surface area contributed by atoms with Crippen molar-refractivity contribution in [1.82, 2.24) is 15.5 Å². The Morgan fingerprint density at radius 2 is 2.12 bits per heavy atom. The SMILES string of the molecule is Cc1onc(-c2cccc(Cl)c2)c1C(=O)c1c[nH]c(C(=O)NC2CC2)c1. The van der Waals surface area contributed by atoms with E-state index >= 15 is 0 Å². The molecule has 1 aliphatic rings. The molecule has 0 saturated heterocycles. The van der Waals surface area contributed by atoms with Gasteiger partial charge in [-0.25, -0.2) is 0 Å². The van der Waals surface area contributed by atoms with Crippen LogP contribution in [0.5, 0.6) is 0 Å². The first-order chi connectivity index (χ1) is 12.5. The molecule has 6 nitrogen and oxygen atoms in total. The van der Waals surface area contributed by atoms with Gasteiger partial charge in [0.05, 0.1) is 5.56 Å². The molecule has 0 bridgehead atoms. The third-order valence-corrected chi connectivity index (χ3v) is 4.53. The Morgan fingerprint density at radius 3 is 2.85 bits per heavy atom. The van der Waals surface area contributed by atoms with Crippen molar-refractivity contribution in [2.24, 2.45) is 0 Å². The third-order valence-electron chi connectivity index (χ3n) is 4.29. The minimum Gasteiger partial charge on any atom is -0.360 e. The molecule has 26 heavy (non-hydrogen) atoms. The van der Waals surface area contributed by atoms with Crippen molar-refractivity contribution in [2.75, 3.05) is 0 Å². The fourth-order valence-corrected chi connectivity index (χ4v) is 2.95. The van der Waals surface area contributed by atoms with Crippen LogP contribution in [0.3, 0.4) is 0 Å². The van der Waals surface area contributed by atoms with Crippen LogP contribution < -0.4 is 5.32 Å². The Morgan fingerprint density at radius 1 is 1.31 bits per heavy atom. The monoisotopic (exact) mass is 369 g/mol. The van der Waals surface area contributed by atoms with Gasteiger partial charge in [-0.2, -0.15) is 0 Å². The van der Waals surface area contributed by atoms with E-state index in [1.807, 2.05) is 6.07 Å². The van der Waals surface area contributed by atoms with Crippen LogP contribution in [0, 0.1) is 6.92 Å². The van der Waals surface area contributed by atoms with Crippen molar-refractivity contribution in [3.63, 3.8) is 0 Å². The number of aromatic nitrogens is 2. The molecule has 3 aromatic rings. The Bertz CT molecular complexity index is 1000. The van der Waals surface area contributed by atoms with Gasteiger partial charge in [0, 0.05) is 28.4 Å². The number of benzene rings is 1. The highest BCUT2D eigenvalue weighted by molar-refractivity contribution is 6.30. The summed E-state index contributed by atoms with van der Waals surface area (Å²) in [5.41, 5.74) is 2.22. The van der Waals surface area contributed by atoms with E-state index in [0.717, 1.165) is 12.8 Å². The summed E-state index contributed by atoms with van der Waals surface area (Å²) in [6.07, 6.45) is 3.53. The first-order valence-corrected chi connectivity index (χ1v) is 8.67. The van der Waals surface area contributed by atoms with E-state index in [2.05, 4.69) is 15.5 Å². The lowest BCUT2D eigenvalue weighted by atomic mass is 9.99. The van der Waals surface area contributed by atoms with Gasteiger partial charge in [-0.1, -0.05) is 28.9 Å². The summed E-state index contributed by atoms with van der Waals surface area (Å²) in [7, 11) is 0. The average molecular weight is 370 g/mol. The fraction of sp³-hybridized carbons (Fsp3) is 0.211. The van der Waals surface area contributed by atoms with Crippen LogP contribution >= 0.6 is 11.6 Å². The molecule has 0 atom stereocenters. The number of carbonyl (C=O) groups is 2. The summed E-state index contributed by atoms with van der Waals surface area (Å²) in [6, 6.07) is 8.86. The maximum Gasteiger partial charge on any atom is 0.267 e. The molecule has 1 aromatic carbocycles. The topological polar surface area (TPSA) is 88.0 Å². The van der Waals surface area contributed by atoms with Crippen molar-refractivity contribution >= 4 is 23.3 Å². The zero-order valence-corrected chi connectivity index (χ0v) is 14.8. The van der Waals surface area contributed by atoms with Gasteiger partial charge in [0.25, 0.3) is 5.91 Å². The molecule has 2 aromatic heterocycles. The van der Waals surface area contributed by atoms with Gasteiger partial charge in [-0.3, -0.25) is 9.59 Å². The van der Waals surface area contributed by atoms with Crippen LogP contribution in [0.4, 0.5) is 0 Å². The van der Waals surface area contributed by atoms with Crippen molar-refractivity contribution in [1.29, 1.82) is 0 Å². The second kappa shape index (κ2) is 6.46. The molecule has 0 radical (unpaired) electrons. The average Bonchev–Trinajstić information content (AvgIpc) is 3.15. The Hall–Kier alpha value is -2.86. The zero-order valence-electron chi connectivity index (χ0n) is 14.0. The summed E-state index contributed by atoms with van der Waals surface area (Å²) < 4.78 is 5.24. The number of hydrogen-bond acceptors (Lipinski definition) is 4. The number of amides is 1. The molecule has 4 rings (SSSR count). The number of halogens is 1. The molecule has 1 amide bonds. The number of rotatable bonds is 5. The summed E-state index contributed by atoms with van der Waals surface area (Å²) in [6.45, 7) is 1.68. The van der Waals surface area contributed by atoms with E-state index < -0.39 is 0 Å². The minimum absolute atomic E-state index is 0.205. The van der Waals surface area contributed by atoms with E-state index in [-0.39, 0.29) is 17.7 Å². The summed E-state index contributed by atoms with van der Waals surface area (Å²) in [4.78, 5) is 28.0. The number of aromatic amines is 1. The van der Waals surface area contributed by atoms with E-state index in [0.29, 0.717) is 38.9 Å². The molecule has 2 N–H and O–H groups in total. The first-order valence-electron chi connectivity index (χ1n) is 8.29. The van der Waals surface area contributed by atoms with Crippen LogP contribution in [0.25, 0.3) is 11.3 Å². The molecule has 132 valence electrons. The maximum absolute atomic E-state index is 13.0. The Labute approximate surface area is 154 Å². The zero-order chi connectivity index (χ0) is 18.3. The largest absolute Gasteiger partial charge is 0.360 e. The molecule has 7 heteroatoms.